The minimum Gasteiger partial charge on any atom is -0.482 e. The first-order valence-corrected chi connectivity index (χ1v) is 9.89. The van der Waals surface area contributed by atoms with Crippen LogP contribution in [0.4, 0.5) is 0 Å². The number of aryl methyl sites for hydroxylation is 1. The molecule has 0 saturated carbocycles. The van der Waals surface area contributed by atoms with Crippen LogP contribution in [0.25, 0.3) is 27.1 Å². The Hall–Kier alpha value is -2.59. The molecule has 4 aromatic rings. The molecule has 0 atom stereocenters. The van der Waals surface area contributed by atoms with Crippen LogP contribution in [0.15, 0.2) is 60.1 Å². The average molecular weight is 364 g/mol. The number of thiazole rings is 1. The van der Waals surface area contributed by atoms with Crippen molar-refractivity contribution in [1.82, 2.24) is 4.57 Å². The third-order valence-corrected chi connectivity index (χ3v) is 5.73. The zero-order valence-corrected chi connectivity index (χ0v) is 16.0. The van der Waals surface area contributed by atoms with Crippen LogP contribution >= 0.6 is 11.3 Å². The first-order valence-electron chi connectivity index (χ1n) is 9.01. The second kappa shape index (κ2) is 7.34. The minimum atomic E-state index is 0.890. The first kappa shape index (κ1) is 16.9. The van der Waals surface area contributed by atoms with Crippen molar-refractivity contribution in [2.24, 2.45) is 0 Å². The lowest BCUT2D eigenvalue weighted by Gasteiger charge is -2.07. The summed E-state index contributed by atoms with van der Waals surface area (Å²) in [7, 11) is 1.75. The van der Waals surface area contributed by atoms with Crippen LogP contribution < -0.4 is 9.30 Å². The van der Waals surface area contributed by atoms with Crippen molar-refractivity contribution in [3.63, 3.8) is 0 Å². The molecule has 0 spiro atoms. The van der Waals surface area contributed by atoms with Gasteiger partial charge in [0.2, 0.25) is 16.9 Å². The van der Waals surface area contributed by atoms with E-state index < -0.39 is 0 Å². The van der Waals surface area contributed by atoms with Gasteiger partial charge in [0.1, 0.15) is 4.70 Å². The van der Waals surface area contributed by atoms with Gasteiger partial charge in [-0.15, -0.1) is 0 Å². The van der Waals surface area contributed by atoms with E-state index in [9.17, 15) is 0 Å². The fourth-order valence-electron chi connectivity index (χ4n) is 3.56. The Morgan fingerprint density at radius 3 is 2.65 bits per heavy atom. The SMILES string of the molecule is CCn1c(C=CCC[n+]2csc3ccccc32)c2ccccc2c1OC. The van der Waals surface area contributed by atoms with Crippen molar-refractivity contribution >= 4 is 38.4 Å². The van der Waals surface area contributed by atoms with E-state index >= 15 is 0 Å². The molecule has 0 fully saturated rings. The first-order chi connectivity index (χ1) is 12.8. The third kappa shape index (κ3) is 2.90. The van der Waals surface area contributed by atoms with E-state index in [0.717, 1.165) is 25.4 Å². The molecular weight excluding hydrogens is 340 g/mol. The van der Waals surface area contributed by atoms with E-state index in [1.54, 1.807) is 18.4 Å². The summed E-state index contributed by atoms with van der Waals surface area (Å²) in [4.78, 5) is 0. The quantitative estimate of drug-likeness (QED) is 0.427. The van der Waals surface area contributed by atoms with Gasteiger partial charge in [-0.25, -0.2) is 0 Å². The fraction of sp³-hybridized carbons (Fsp3) is 0.227. The van der Waals surface area contributed by atoms with Crippen LogP contribution in [0.2, 0.25) is 0 Å². The van der Waals surface area contributed by atoms with E-state index in [4.69, 9.17) is 4.74 Å². The number of ether oxygens (including phenoxy) is 1. The zero-order valence-electron chi connectivity index (χ0n) is 15.2. The molecule has 0 radical (unpaired) electrons. The van der Waals surface area contributed by atoms with Crippen molar-refractivity contribution < 1.29 is 9.30 Å². The third-order valence-electron chi connectivity index (χ3n) is 4.77. The molecule has 3 nitrogen and oxygen atoms in total. The van der Waals surface area contributed by atoms with Gasteiger partial charge in [0.15, 0.2) is 6.54 Å². The number of rotatable bonds is 6. The predicted molar refractivity (Wildman–Crippen MR) is 110 cm³/mol. The largest absolute Gasteiger partial charge is 0.482 e. The molecule has 2 heterocycles. The second-order valence-electron chi connectivity index (χ2n) is 6.26. The fourth-order valence-corrected chi connectivity index (χ4v) is 4.48. The molecule has 2 aromatic heterocycles. The smallest absolute Gasteiger partial charge is 0.225 e. The zero-order chi connectivity index (χ0) is 17.9. The number of fused-ring (bicyclic) bond motifs is 2. The number of hydrogen-bond acceptors (Lipinski definition) is 2. The number of allylic oxidation sites excluding steroid dienone is 1. The van der Waals surface area contributed by atoms with Gasteiger partial charge in [-0.05, 0) is 25.1 Å². The highest BCUT2D eigenvalue weighted by molar-refractivity contribution is 7.16. The van der Waals surface area contributed by atoms with Crippen LogP contribution in [-0.2, 0) is 13.1 Å². The summed E-state index contributed by atoms with van der Waals surface area (Å²) in [6.45, 7) is 4.04. The molecule has 0 amide bonds. The van der Waals surface area contributed by atoms with E-state index in [1.165, 1.54) is 26.7 Å². The summed E-state index contributed by atoms with van der Waals surface area (Å²) in [6, 6.07) is 17.0. The molecule has 4 heteroatoms. The minimum absolute atomic E-state index is 0.890. The summed E-state index contributed by atoms with van der Waals surface area (Å²) in [5, 5.41) is 2.42. The Labute approximate surface area is 157 Å². The normalized spacial score (nSPS) is 11.8. The molecule has 0 aliphatic heterocycles. The van der Waals surface area contributed by atoms with E-state index in [0.29, 0.717) is 0 Å². The Morgan fingerprint density at radius 1 is 1.08 bits per heavy atom. The maximum atomic E-state index is 5.67. The highest BCUT2D eigenvalue weighted by Gasteiger charge is 2.14. The van der Waals surface area contributed by atoms with Crippen molar-refractivity contribution in [3.05, 3.63) is 65.8 Å². The van der Waals surface area contributed by atoms with Crippen LogP contribution in [0.5, 0.6) is 5.88 Å². The molecule has 0 bridgehead atoms. The Kier molecular flexibility index (Phi) is 4.76. The lowest BCUT2D eigenvalue weighted by molar-refractivity contribution is -0.666. The lowest BCUT2D eigenvalue weighted by atomic mass is 10.1. The summed E-state index contributed by atoms with van der Waals surface area (Å²) < 4.78 is 11.6. The van der Waals surface area contributed by atoms with Gasteiger partial charge in [-0.2, -0.15) is 4.57 Å². The number of methoxy groups -OCH3 is 1. The monoisotopic (exact) mass is 363 g/mol. The van der Waals surface area contributed by atoms with Crippen molar-refractivity contribution in [3.8, 4) is 5.88 Å². The molecule has 2 aromatic carbocycles. The summed E-state index contributed by atoms with van der Waals surface area (Å²) >= 11 is 1.80. The Morgan fingerprint density at radius 2 is 1.85 bits per heavy atom. The van der Waals surface area contributed by atoms with Crippen LogP contribution in [-0.4, -0.2) is 11.7 Å². The van der Waals surface area contributed by atoms with Gasteiger partial charge < -0.3 is 9.30 Å². The summed E-state index contributed by atoms with van der Waals surface area (Å²) in [5.41, 5.74) is 4.75. The lowest BCUT2D eigenvalue weighted by Crippen LogP contribution is -2.30. The number of nitrogens with zero attached hydrogens (tertiary/aromatic N) is 2. The van der Waals surface area contributed by atoms with Crippen LogP contribution in [0.3, 0.4) is 0 Å². The molecule has 132 valence electrons. The maximum absolute atomic E-state index is 5.67. The second-order valence-corrected chi connectivity index (χ2v) is 7.15. The predicted octanol–water partition coefficient (Wildman–Crippen LogP) is 5.28. The Bertz CT molecular complexity index is 1070. The van der Waals surface area contributed by atoms with Crippen molar-refractivity contribution in [1.29, 1.82) is 0 Å². The van der Waals surface area contributed by atoms with E-state index in [-0.39, 0.29) is 0 Å². The molecule has 0 aliphatic rings. The average Bonchev–Trinajstić information content (AvgIpc) is 3.23. The maximum Gasteiger partial charge on any atom is 0.225 e. The molecular formula is C22H23N2OS+. The van der Waals surface area contributed by atoms with Gasteiger partial charge in [0.05, 0.1) is 12.8 Å². The Balaban J connectivity index is 1.59. The van der Waals surface area contributed by atoms with Crippen LogP contribution in [0.1, 0.15) is 19.0 Å². The number of para-hydroxylation sites is 1. The number of aromatic nitrogens is 2. The molecule has 0 aliphatic carbocycles. The van der Waals surface area contributed by atoms with Gasteiger partial charge in [-0.3, -0.25) is 0 Å². The molecule has 0 saturated heterocycles. The molecule has 26 heavy (non-hydrogen) atoms. The van der Waals surface area contributed by atoms with Crippen LogP contribution in [0, 0.1) is 0 Å². The number of benzene rings is 2. The summed E-state index contributed by atoms with van der Waals surface area (Å²) in [5.74, 6) is 0.945. The molecule has 4 rings (SSSR count). The van der Waals surface area contributed by atoms with Crippen molar-refractivity contribution in [2.75, 3.05) is 7.11 Å². The standard InChI is InChI=1S/C22H23N2OS/c1-3-24-19(17-10-4-5-11-18(17)22(24)25-2)12-8-9-15-23-16-26-21-14-7-6-13-20(21)23/h4-8,10-14,16H,3,9,15H2,1-2H3/q+1. The van der Waals surface area contributed by atoms with E-state index in [1.807, 2.05) is 0 Å². The number of hydrogen-bond donors (Lipinski definition) is 0. The molecule has 0 unspecified atom stereocenters. The van der Waals surface area contributed by atoms with Crippen molar-refractivity contribution in [2.45, 2.75) is 26.4 Å². The van der Waals surface area contributed by atoms with Gasteiger partial charge in [0, 0.05) is 29.8 Å². The highest BCUT2D eigenvalue weighted by atomic mass is 32.1. The topological polar surface area (TPSA) is 18.0 Å². The molecule has 0 N–H and O–H groups in total. The van der Waals surface area contributed by atoms with E-state index in [2.05, 4.69) is 82.3 Å². The van der Waals surface area contributed by atoms with Gasteiger partial charge in [-0.1, -0.05) is 47.7 Å². The van der Waals surface area contributed by atoms with Gasteiger partial charge in [0.25, 0.3) is 0 Å². The summed E-state index contributed by atoms with van der Waals surface area (Å²) in [6.07, 6.45) is 5.51. The van der Waals surface area contributed by atoms with Gasteiger partial charge >= 0.3 is 0 Å². The highest BCUT2D eigenvalue weighted by Crippen LogP contribution is 2.33.